The number of rotatable bonds is 2. The van der Waals surface area contributed by atoms with Gasteiger partial charge in [-0.15, -0.1) is 0 Å². The number of likely N-dealkylation sites (tertiary alicyclic amines) is 1. The molecule has 4 atom stereocenters. The Morgan fingerprint density at radius 1 is 1.35 bits per heavy atom. The molecule has 0 amide bonds. The Bertz CT molecular complexity index is 460. The van der Waals surface area contributed by atoms with Crippen LogP contribution in [-0.4, -0.2) is 40.6 Å². The van der Waals surface area contributed by atoms with Gasteiger partial charge in [-0.2, -0.15) is 0 Å². The summed E-state index contributed by atoms with van der Waals surface area (Å²) in [6.07, 6.45) is 6.45. The second-order valence-electron chi connectivity index (χ2n) is 5.88. The molecule has 1 aliphatic heterocycles. The van der Waals surface area contributed by atoms with Crippen LogP contribution in [0.3, 0.4) is 0 Å². The van der Waals surface area contributed by atoms with Gasteiger partial charge in [0.05, 0.1) is 24.1 Å². The van der Waals surface area contributed by atoms with Crippen molar-refractivity contribution in [2.45, 2.75) is 31.9 Å². The number of hydrogen-bond donors (Lipinski definition) is 0. The maximum atomic E-state index is 5.97. The second-order valence-corrected chi connectivity index (χ2v) is 5.88. The molecule has 1 spiro atoms. The first-order valence-electron chi connectivity index (χ1n) is 6.34. The highest BCUT2D eigenvalue weighted by atomic mass is 16.5. The van der Waals surface area contributed by atoms with Crippen LogP contribution in [0.4, 0.5) is 0 Å². The smallest absolute Gasteiger partial charge is 0.232 e. The van der Waals surface area contributed by atoms with E-state index in [9.17, 15) is 0 Å². The maximum absolute atomic E-state index is 5.97. The van der Waals surface area contributed by atoms with E-state index in [-0.39, 0.29) is 0 Å². The van der Waals surface area contributed by atoms with Crippen LogP contribution in [-0.2, 0) is 0 Å². The van der Waals surface area contributed by atoms with Gasteiger partial charge in [-0.05, 0) is 38.1 Å². The van der Waals surface area contributed by atoms with Gasteiger partial charge in [0.2, 0.25) is 5.88 Å². The topological polar surface area (TPSA) is 38.2 Å². The van der Waals surface area contributed by atoms with Crippen molar-refractivity contribution in [1.29, 1.82) is 0 Å². The minimum absolute atomic E-state index is 0.324. The van der Waals surface area contributed by atoms with E-state index in [1.54, 1.807) is 12.4 Å². The van der Waals surface area contributed by atoms with E-state index < -0.39 is 0 Å². The fraction of sp³-hybridized carbons (Fsp3) is 0.692. The Labute approximate surface area is 101 Å². The van der Waals surface area contributed by atoms with Gasteiger partial charge in [0.15, 0.2) is 0 Å². The van der Waals surface area contributed by atoms with Crippen LogP contribution >= 0.6 is 0 Å². The summed E-state index contributed by atoms with van der Waals surface area (Å²) >= 11 is 0. The van der Waals surface area contributed by atoms with Crippen molar-refractivity contribution in [3.8, 4) is 5.88 Å². The van der Waals surface area contributed by atoms with Gasteiger partial charge in [-0.25, -0.2) is 4.98 Å². The average Bonchev–Trinajstić information content (AvgIpc) is 2.91. The third-order valence-corrected chi connectivity index (χ3v) is 4.81. The number of aromatic nitrogens is 2. The van der Waals surface area contributed by atoms with Crippen LogP contribution in [0.1, 0.15) is 18.5 Å². The molecule has 0 aromatic carbocycles. The van der Waals surface area contributed by atoms with Gasteiger partial charge in [0.1, 0.15) is 6.10 Å². The van der Waals surface area contributed by atoms with Gasteiger partial charge >= 0.3 is 0 Å². The molecular weight excluding hydrogens is 214 g/mol. The van der Waals surface area contributed by atoms with Crippen molar-refractivity contribution in [2.75, 3.05) is 13.6 Å². The Balaban J connectivity index is 1.49. The molecule has 2 heterocycles. The lowest BCUT2D eigenvalue weighted by Gasteiger charge is -2.45. The van der Waals surface area contributed by atoms with Crippen LogP contribution in [0.15, 0.2) is 12.4 Å². The first-order valence-corrected chi connectivity index (χ1v) is 6.34. The molecule has 2 aliphatic carbocycles. The summed E-state index contributed by atoms with van der Waals surface area (Å²) in [5.41, 5.74) is 1.56. The van der Waals surface area contributed by atoms with Crippen LogP contribution < -0.4 is 4.74 Å². The minimum Gasteiger partial charge on any atom is -0.472 e. The molecule has 1 saturated heterocycles. The fourth-order valence-corrected chi connectivity index (χ4v) is 3.96. The Kier molecular flexibility index (Phi) is 1.73. The molecule has 4 rings (SSSR count). The molecule has 4 heteroatoms. The normalized spacial score (nSPS) is 42.6. The van der Waals surface area contributed by atoms with Crippen LogP contribution in [0.25, 0.3) is 0 Å². The molecule has 0 radical (unpaired) electrons. The van der Waals surface area contributed by atoms with E-state index in [1.165, 1.54) is 19.4 Å². The molecule has 3 fully saturated rings. The van der Waals surface area contributed by atoms with Crippen molar-refractivity contribution in [3.63, 3.8) is 0 Å². The van der Waals surface area contributed by atoms with Crippen LogP contribution in [0.5, 0.6) is 5.88 Å². The van der Waals surface area contributed by atoms with Gasteiger partial charge in [0.25, 0.3) is 0 Å². The van der Waals surface area contributed by atoms with Crippen molar-refractivity contribution in [1.82, 2.24) is 14.9 Å². The molecule has 90 valence electrons. The van der Waals surface area contributed by atoms with E-state index in [0.717, 1.165) is 11.6 Å². The molecule has 2 saturated carbocycles. The molecule has 17 heavy (non-hydrogen) atoms. The van der Waals surface area contributed by atoms with Gasteiger partial charge in [-0.3, -0.25) is 9.88 Å². The molecule has 1 aromatic heterocycles. The summed E-state index contributed by atoms with van der Waals surface area (Å²) in [5, 5.41) is 0. The van der Waals surface area contributed by atoms with E-state index in [4.69, 9.17) is 4.74 Å². The summed E-state index contributed by atoms with van der Waals surface area (Å²) in [7, 11) is 2.22. The molecule has 4 unspecified atom stereocenters. The Hall–Kier alpha value is -1.16. The average molecular weight is 231 g/mol. The van der Waals surface area contributed by atoms with Crippen molar-refractivity contribution < 1.29 is 4.74 Å². The van der Waals surface area contributed by atoms with Gasteiger partial charge in [-0.1, -0.05) is 0 Å². The zero-order chi connectivity index (χ0) is 11.6. The summed E-state index contributed by atoms with van der Waals surface area (Å²) < 4.78 is 5.97. The first kappa shape index (κ1) is 9.83. The SMILES string of the molecule is Cc1cnc(OC2CC34CC3CN(C)C24)cn1. The third kappa shape index (κ3) is 1.22. The summed E-state index contributed by atoms with van der Waals surface area (Å²) in [6.45, 7) is 3.19. The lowest BCUT2D eigenvalue weighted by molar-refractivity contribution is -0.0342. The van der Waals surface area contributed by atoms with Crippen LogP contribution in [0, 0.1) is 18.3 Å². The highest BCUT2D eigenvalue weighted by Gasteiger charge is 2.74. The van der Waals surface area contributed by atoms with Gasteiger partial charge < -0.3 is 4.74 Å². The molecule has 0 bridgehead atoms. The lowest BCUT2D eigenvalue weighted by Crippen LogP contribution is -2.56. The van der Waals surface area contributed by atoms with Gasteiger partial charge in [0, 0.05) is 6.54 Å². The fourth-order valence-electron chi connectivity index (χ4n) is 3.96. The molecule has 1 aromatic rings. The van der Waals surface area contributed by atoms with Crippen molar-refractivity contribution in [2.24, 2.45) is 11.3 Å². The van der Waals surface area contributed by atoms with Crippen LogP contribution in [0.2, 0.25) is 0 Å². The predicted molar refractivity (Wildman–Crippen MR) is 62.8 cm³/mol. The number of hydrogen-bond acceptors (Lipinski definition) is 4. The van der Waals surface area contributed by atoms with Crippen molar-refractivity contribution in [3.05, 3.63) is 18.1 Å². The Morgan fingerprint density at radius 2 is 2.24 bits per heavy atom. The number of piperidine rings is 1. The zero-order valence-electron chi connectivity index (χ0n) is 10.3. The lowest BCUT2D eigenvalue weighted by atomic mass is 9.73. The number of nitrogens with zero attached hydrogens (tertiary/aromatic N) is 3. The summed E-state index contributed by atoms with van der Waals surface area (Å²) in [6, 6.07) is 0.621. The van der Waals surface area contributed by atoms with E-state index in [2.05, 4.69) is 21.9 Å². The highest BCUT2D eigenvalue weighted by molar-refractivity contribution is 5.26. The van der Waals surface area contributed by atoms with E-state index in [1.807, 2.05) is 6.92 Å². The zero-order valence-corrected chi connectivity index (χ0v) is 10.3. The maximum Gasteiger partial charge on any atom is 0.232 e. The second kappa shape index (κ2) is 2.99. The largest absolute Gasteiger partial charge is 0.472 e. The molecular formula is C13H17N3O. The molecule has 4 nitrogen and oxygen atoms in total. The molecule has 0 N–H and O–H groups in total. The summed E-state index contributed by atoms with van der Waals surface area (Å²) in [5.74, 6) is 1.62. The number of ether oxygens (including phenoxy) is 1. The highest BCUT2D eigenvalue weighted by Crippen LogP contribution is 2.71. The Morgan fingerprint density at radius 3 is 2.94 bits per heavy atom. The monoisotopic (exact) mass is 231 g/mol. The third-order valence-electron chi connectivity index (χ3n) is 4.81. The standard InChI is InChI=1S/C13H17N3O/c1-8-5-15-11(6-14-8)17-10-4-13-3-9(13)7-16(2)12(10)13/h5-6,9-10,12H,3-4,7H2,1-2H3. The van der Waals surface area contributed by atoms with Crippen molar-refractivity contribution >= 4 is 0 Å². The molecule has 3 aliphatic rings. The minimum atomic E-state index is 0.324. The summed E-state index contributed by atoms with van der Waals surface area (Å²) in [4.78, 5) is 11.0. The van der Waals surface area contributed by atoms with E-state index in [0.29, 0.717) is 23.4 Å². The van der Waals surface area contributed by atoms with E-state index >= 15 is 0 Å². The quantitative estimate of drug-likeness (QED) is 0.768. The number of likely N-dealkylation sites (N-methyl/N-ethyl adjacent to an activating group) is 1. The number of aryl methyl sites for hydroxylation is 1. The first-order chi connectivity index (χ1) is 8.19. The predicted octanol–water partition coefficient (Wildman–Crippen LogP) is 1.26.